The van der Waals surface area contributed by atoms with Gasteiger partial charge in [-0.15, -0.1) is 0 Å². The highest BCUT2D eigenvalue weighted by atomic mass is 79.9. The van der Waals surface area contributed by atoms with Crippen LogP contribution in [0.25, 0.3) is 0 Å². The molecule has 12 heavy (non-hydrogen) atoms. The lowest BCUT2D eigenvalue weighted by Crippen LogP contribution is -1.97. The van der Waals surface area contributed by atoms with E-state index in [1.54, 1.807) is 0 Å². The molecule has 1 aromatic heterocycles. The van der Waals surface area contributed by atoms with Crippen LogP contribution in [0.3, 0.4) is 0 Å². The first-order valence-electron chi connectivity index (χ1n) is 4.20. The Labute approximate surface area is 82.1 Å². The van der Waals surface area contributed by atoms with E-state index in [4.69, 9.17) is 0 Å². The SMILES string of the molecule is Cc1c(Br)c(CC(C)C)nn1C. The van der Waals surface area contributed by atoms with Crippen LogP contribution in [0.4, 0.5) is 0 Å². The van der Waals surface area contributed by atoms with Crippen molar-refractivity contribution in [2.45, 2.75) is 27.2 Å². The molecule has 0 aromatic carbocycles. The van der Waals surface area contributed by atoms with Gasteiger partial charge in [0.05, 0.1) is 10.2 Å². The summed E-state index contributed by atoms with van der Waals surface area (Å²) in [6.07, 6.45) is 1.04. The average Bonchev–Trinajstić information content (AvgIpc) is 2.17. The van der Waals surface area contributed by atoms with Gasteiger partial charge >= 0.3 is 0 Å². The van der Waals surface area contributed by atoms with Gasteiger partial charge in [-0.1, -0.05) is 13.8 Å². The van der Waals surface area contributed by atoms with Crippen LogP contribution in [0.5, 0.6) is 0 Å². The van der Waals surface area contributed by atoms with E-state index in [1.807, 2.05) is 11.7 Å². The third-order valence-electron chi connectivity index (χ3n) is 1.93. The van der Waals surface area contributed by atoms with Crippen molar-refractivity contribution in [3.05, 3.63) is 15.9 Å². The first kappa shape index (κ1) is 9.78. The fraction of sp³-hybridized carbons (Fsp3) is 0.667. The number of halogens is 1. The molecule has 0 spiro atoms. The van der Waals surface area contributed by atoms with Gasteiger partial charge in [0, 0.05) is 12.7 Å². The summed E-state index contributed by atoms with van der Waals surface area (Å²) in [6.45, 7) is 6.48. The second kappa shape index (κ2) is 3.60. The Morgan fingerprint density at radius 3 is 2.42 bits per heavy atom. The summed E-state index contributed by atoms with van der Waals surface area (Å²) >= 11 is 3.55. The molecule has 3 heteroatoms. The maximum absolute atomic E-state index is 4.42. The van der Waals surface area contributed by atoms with Crippen LogP contribution in [-0.4, -0.2) is 9.78 Å². The monoisotopic (exact) mass is 230 g/mol. The van der Waals surface area contributed by atoms with Crippen molar-refractivity contribution in [2.75, 3.05) is 0 Å². The van der Waals surface area contributed by atoms with Crippen LogP contribution in [0.1, 0.15) is 25.2 Å². The van der Waals surface area contributed by atoms with Crippen LogP contribution < -0.4 is 0 Å². The fourth-order valence-electron chi connectivity index (χ4n) is 1.17. The van der Waals surface area contributed by atoms with Gasteiger partial charge < -0.3 is 0 Å². The fourth-order valence-corrected chi connectivity index (χ4v) is 1.67. The van der Waals surface area contributed by atoms with E-state index in [1.165, 1.54) is 15.9 Å². The third-order valence-corrected chi connectivity index (χ3v) is 2.96. The zero-order valence-electron chi connectivity index (χ0n) is 8.06. The van der Waals surface area contributed by atoms with Gasteiger partial charge in [-0.3, -0.25) is 4.68 Å². The molecule has 0 atom stereocenters. The molecule has 0 unspecified atom stereocenters. The van der Waals surface area contributed by atoms with E-state index in [0.717, 1.165) is 6.42 Å². The maximum Gasteiger partial charge on any atom is 0.0771 e. The van der Waals surface area contributed by atoms with Gasteiger partial charge in [-0.2, -0.15) is 5.10 Å². The quantitative estimate of drug-likeness (QED) is 0.765. The number of aryl methyl sites for hydroxylation is 1. The van der Waals surface area contributed by atoms with E-state index in [9.17, 15) is 0 Å². The molecule has 0 aliphatic heterocycles. The molecule has 1 heterocycles. The summed E-state index contributed by atoms with van der Waals surface area (Å²) in [5.41, 5.74) is 2.37. The summed E-state index contributed by atoms with van der Waals surface area (Å²) in [5.74, 6) is 0.663. The van der Waals surface area contributed by atoms with Crippen LogP contribution >= 0.6 is 15.9 Å². The molecular weight excluding hydrogens is 216 g/mol. The van der Waals surface area contributed by atoms with E-state index >= 15 is 0 Å². The highest BCUT2D eigenvalue weighted by molar-refractivity contribution is 9.10. The average molecular weight is 231 g/mol. The molecule has 2 nitrogen and oxygen atoms in total. The van der Waals surface area contributed by atoms with Gasteiger partial charge in [0.2, 0.25) is 0 Å². The number of hydrogen-bond donors (Lipinski definition) is 0. The van der Waals surface area contributed by atoms with Crippen molar-refractivity contribution < 1.29 is 0 Å². The second-order valence-corrected chi connectivity index (χ2v) is 4.36. The lowest BCUT2D eigenvalue weighted by Gasteiger charge is -2.00. The molecule has 1 aromatic rings. The van der Waals surface area contributed by atoms with Crippen molar-refractivity contribution in [1.82, 2.24) is 9.78 Å². The number of rotatable bonds is 2. The molecule has 0 radical (unpaired) electrons. The molecule has 68 valence electrons. The van der Waals surface area contributed by atoms with Crippen molar-refractivity contribution in [2.24, 2.45) is 13.0 Å². The molecule has 0 amide bonds. The van der Waals surface area contributed by atoms with Gasteiger partial charge in [0.25, 0.3) is 0 Å². The Hall–Kier alpha value is -0.310. The minimum atomic E-state index is 0.663. The maximum atomic E-state index is 4.42. The highest BCUT2D eigenvalue weighted by Crippen LogP contribution is 2.22. The summed E-state index contributed by atoms with van der Waals surface area (Å²) in [4.78, 5) is 0. The number of hydrogen-bond acceptors (Lipinski definition) is 1. The lowest BCUT2D eigenvalue weighted by molar-refractivity contribution is 0.618. The Morgan fingerprint density at radius 1 is 1.50 bits per heavy atom. The largest absolute Gasteiger partial charge is 0.271 e. The summed E-state index contributed by atoms with van der Waals surface area (Å²) in [7, 11) is 1.98. The third kappa shape index (κ3) is 1.89. The van der Waals surface area contributed by atoms with Crippen molar-refractivity contribution in [1.29, 1.82) is 0 Å². The number of nitrogens with zero attached hydrogens (tertiary/aromatic N) is 2. The Kier molecular flexibility index (Phi) is 2.94. The van der Waals surface area contributed by atoms with Crippen LogP contribution in [0, 0.1) is 12.8 Å². The van der Waals surface area contributed by atoms with Gasteiger partial charge in [0.1, 0.15) is 0 Å². The Balaban J connectivity index is 2.93. The summed E-state index contributed by atoms with van der Waals surface area (Å²) in [6, 6.07) is 0. The van der Waals surface area contributed by atoms with Crippen LogP contribution in [0.2, 0.25) is 0 Å². The first-order valence-corrected chi connectivity index (χ1v) is 4.99. The van der Waals surface area contributed by atoms with Crippen LogP contribution in [-0.2, 0) is 13.5 Å². The predicted molar refractivity (Wildman–Crippen MR) is 54.2 cm³/mol. The first-order chi connectivity index (χ1) is 5.52. The summed E-state index contributed by atoms with van der Waals surface area (Å²) in [5, 5.41) is 4.42. The molecule has 0 aliphatic carbocycles. The van der Waals surface area contributed by atoms with Gasteiger partial charge in [-0.05, 0) is 35.2 Å². The summed E-state index contributed by atoms with van der Waals surface area (Å²) < 4.78 is 3.08. The molecular formula is C9H15BrN2. The predicted octanol–water partition coefficient (Wildman–Crippen LogP) is 2.69. The molecule has 0 fully saturated rings. The zero-order chi connectivity index (χ0) is 9.30. The van der Waals surface area contributed by atoms with E-state index in [-0.39, 0.29) is 0 Å². The van der Waals surface area contributed by atoms with Gasteiger partial charge in [-0.25, -0.2) is 0 Å². The highest BCUT2D eigenvalue weighted by Gasteiger charge is 2.10. The minimum Gasteiger partial charge on any atom is -0.271 e. The van der Waals surface area contributed by atoms with E-state index in [0.29, 0.717) is 5.92 Å². The normalized spacial score (nSPS) is 11.2. The second-order valence-electron chi connectivity index (χ2n) is 3.57. The van der Waals surface area contributed by atoms with Crippen molar-refractivity contribution >= 4 is 15.9 Å². The minimum absolute atomic E-state index is 0.663. The number of aromatic nitrogens is 2. The van der Waals surface area contributed by atoms with Crippen LogP contribution in [0.15, 0.2) is 4.47 Å². The van der Waals surface area contributed by atoms with E-state index < -0.39 is 0 Å². The zero-order valence-corrected chi connectivity index (χ0v) is 9.64. The molecule has 0 N–H and O–H groups in total. The Morgan fingerprint density at radius 2 is 2.08 bits per heavy atom. The molecule has 0 saturated heterocycles. The van der Waals surface area contributed by atoms with Gasteiger partial charge in [0.15, 0.2) is 0 Å². The molecule has 1 rings (SSSR count). The molecule has 0 bridgehead atoms. The molecule has 0 aliphatic rings. The smallest absolute Gasteiger partial charge is 0.0771 e. The topological polar surface area (TPSA) is 17.8 Å². The van der Waals surface area contributed by atoms with E-state index in [2.05, 4.69) is 41.8 Å². The molecule has 0 saturated carbocycles. The Bertz CT molecular complexity index is 276. The standard InChI is InChI=1S/C9H15BrN2/c1-6(2)5-8-9(10)7(3)12(4)11-8/h6H,5H2,1-4H3. The van der Waals surface area contributed by atoms with Crippen molar-refractivity contribution in [3.8, 4) is 0 Å². The lowest BCUT2D eigenvalue weighted by atomic mass is 10.1. The van der Waals surface area contributed by atoms with Crippen molar-refractivity contribution in [3.63, 3.8) is 0 Å².